The molecule has 0 radical (unpaired) electrons. The first-order valence-corrected chi connectivity index (χ1v) is 6.20. The van der Waals surface area contributed by atoms with Gasteiger partial charge in [-0.05, 0) is 12.8 Å². The van der Waals surface area contributed by atoms with E-state index in [-0.39, 0.29) is 5.15 Å². The van der Waals surface area contributed by atoms with Crippen LogP contribution >= 0.6 is 11.6 Å². The molecule has 0 aromatic carbocycles. The van der Waals surface area contributed by atoms with Crippen molar-refractivity contribution in [3.63, 3.8) is 0 Å². The zero-order chi connectivity index (χ0) is 14.0. The number of aromatic nitrogens is 2. The van der Waals surface area contributed by atoms with E-state index in [2.05, 4.69) is 9.97 Å². The van der Waals surface area contributed by atoms with Gasteiger partial charge < -0.3 is 4.90 Å². The number of halogens is 5. The number of nitrogens with zero attached hydrogens (tertiary/aromatic N) is 3. The van der Waals surface area contributed by atoms with E-state index in [1.807, 2.05) is 0 Å². The molecule has 1 aromatic rings. The van der Waals surface area contributed by atoms with Gasteiger partial charge in [0.1, 0.15) is 11.5 Å². The zero-order valence-corrected chi connectivity index (χ0v) is 10.6. The molecule has 106 valence electrons. The van der Waals surface area contributed by atoms with Crippen molar-refractivity contribution in [2.75, 3.05) is 18.0 Å². The molecule has 0 bridgehead atoms. The van der Waals surface area contributed by atoms with Crippen LogP contribution in [0, 0.1) is 5.92 Å². The molecule has 1 aliphatic heterocycles. The number of alkyl halides is 4. The lowest BCUT2D eigenvalue weighted by Crippen LogP contribution is -2.36. The normalized spacial score (nSPS) is 17.5. The minimum absolute atomic E-state index is 0.341. The number of hydrogen-bond donors (Lipinski definition) is 0. The third kappa shape index (κ3) is 3.26. The lowest BCUT2D eigenvalue weighted by Gasteiger charge is -2.32. The molecule has 0 spiro atoms. The van der Waals surface area contributed by atoms with Crippen LogP contribution in [0.25, 0.3) is 0 Å². The number of rotatable bonds is 3. The molecule has 2 heterocycles. The SMILES string of the molecule is FC(F)c1ncc(N2CCC(C(F)F)CC2)nc1Cl. The van der Waals surface area contributed by atoms with E-state index in [0.29, 0.717) is 31.7 Å². The highest BCUT2D eigenvalue weighted by Gasteiger charge is 2.27. The average molecular weight is 298 g/mol. The van der Waals surface area contributed by atoms with Crippen molar-refractivity contribution < 1.29 is 17.6 Å². The summed E-state index contributed by atoms with van der Waals surface area (Å²) in [4.78, 5) is 9.15. The summed E-state index contributed by atoms with van der Waals surface area (Å²) in [5.41, 5.74) is -0.562. The topological polar surface area (TPSA) is 29.0 Å². The van der Waals surface area contributed by atoms with Gasteiger partial charge in [-0.25, -0.2) is 27.5 Å². The number of hydrogen-bond acceptors (Lipinski definition) is 3. The summed E-state index contributed by atoms with van der Waals surface area (Å²) < 4.78 is 49.9. The van der Waals surface area contributed by atoms with Crippen LogP contribution in [0.4, 0.5) is 23.4 Å². The fourth-order valence-corrected chi connectivity index (χ4v) is 2.26. The minimum atomic E-state index is -2.78. The van der Waals surface area contributed by atoms with Crippen LogP contribution in [0.5, 0.6) is 0 Å². The molecule has 1 aromatic heterocycles. The van der Waals surface area contributed by atoms with Crippen LogP contribution in [0.15, 0.2) is 6.20 Å². The molecular weight excluding hydrogens is 286 g/mol. The Morgan fingerprint density at radius 3 is 2.32 bits per heavy atom. The van der Waals surface area contributed by atoms with E-state index < -0.39 is 24.5 Å². The van der Waals surface area contributed by atoms with Gasteiger partial charge in [0.15, 0.2) is 5.15 Å². The predicted molar refractivity (Wildman–Crippen MR) is 62.9 cm³/mol. The van der Waals surface area contributed by atoms with Gasteiger partial charge in [-0.2, -0.15) is 0 Å². The first-order valence-electron chi connectivity index (χ1n) is 5.82. The largest absolute Gasteiger partial charge is 0.355 e. The van der Waals surface area contributed by atoms with Gasteiger partial charge in [0.05, 0.1) is 6.20 Å². The highest BCUT2D eigenvalue weighted by molar-refractivity contribution is 6.30. The lowest BCUT2D eigenvalue weighted by molar-refractivity contribution is 0.0635. The van der Waals surface area contributed by atoms with Crippen molar-refractivity contribution >= 4 is 17.4 Å². The molecule has 0 amide bonds. The predicted octanol–water partition coefficient (Wildman–Crippen LogP) is 3.55. The van der Waals surface area contributed by atoms with Crippen molar-refractivity contribution in [2.24, 2.45) is 5.92 Å². The molecule has 3 nitrogen and oxygen atoms in total. The zero-order valence-electron chi connectivity index (χ0n) is 9.87. The minimum Gasteiger partial charge on any atom is -0.355 e. The van der Waals surface area contributed by atoms with E-state index in [0.717, 1.165) is 0 Å². The van der Waals surface area contributed by atoms with E-state index in [1.54, 1.807) is 4.90 Å². The smallest absolute Gasteiger partial charge is 0.283 e. The molecule has 0 N–H and O–H groups in total. The molecule has 0 aliphatic carbocycles. The molecular formula is C11H12ClF4N3. The Balaban J connectivity index is 2.06. The third-order valence-corrected chi connectivity index (χ3v) is 3.45. The van der Waals surface area contributed by atoms with Gasteiger partial charge in [-0.3, -0.25) is 0 Å². The summed E-state index contributed by atoms with van der Waals surface area (Å²) in [7, 11) is 0. The van der Waals surface area contributed by atoms with Crippen LogP contribution in [0.3, 0.4) is 0 Å². The quantitative estimate of drug-likeness (QED) is 0.799. The maximum Gasteiger partial charge on any atom is 0.283 e. The van der Waals surface area contributed by atoms with E-state index >= 15 is 0 Å². The van der Waals surface area contributed by atoms with Crippen molar-refractivity contribution in [3.8, 4) is 0 Å². The van der Waals surface area contributed by atoms with Gasteiger partial charge >= 0.3 is 0 Å². The van der Waals surface area contributed by atoms with Gasteiger partial charge in [-0.1, -0.05) is 11.6 Å². The second kappa shape index (κ2) is 5.90. The first-order chi connectivity index (χ1) is 8.99. The van der Waals surface area contributed by atoms with Crippen LogP contribution in [0.2, 0.25) is 5.15 Å². The molecule has 0 saturated carbocycles. The summed E-state index contributed by atoms with van der Waals surface area (Å²) in [5.74, 6) is -0.262. The standard InChI is InChI=1S/C11H12ClF4N3/c12-9-8(11(15)16)17-5-7(18-9)19-3-1-6(2-4-19)10(13)14/h5-6,10-11H,1-4H2. The first kappa shape index (κ1) is 14.3. The molecule has 0 unspecified atom stereocenters. The third-order valence-electron chi connectivity index (χ3n) is 3.17. The Bertz CT molecular complexity index is 436. The second-order valence-corrected chi connectivity index (χ2v) is 4.72. The second-order valence-electron chi connectivity index (χ2n) is 4.36. The molecule has 19 heavy (non-hydrogen) atoms. The van der Waals surface area contributed by atoms with E-state index in [9.17, 15) is 17.6 Å². The Morgan fingerprint density at radius 2 is 1.84 bits per heavy atom. The fraction of sp³-hybridized carbons (Fsp3) is 0.636. The van der Waals surface area contributed by atoms with Gasteiger partial charge in [-0.15, -0.1) is 0 Å². The van der Waals surface area contributed by atoms with Crippen molar-refractivity contribution in [3.05, 3.63) is 17.0 Å². The van der Waals surface area contributed by atoms with Gasteiger partial charge in [0.2, 0.25) is 6.43 Å². The van der Waals surface area contributed by atoms with Gasteiger partial charge in [0.25, 0.3) is 6.43 Å². The average Bonchev–Trinajstić information content (AvgIpc) is 2.38. The molecule has 1 fully saturated rings. The summed E-state index contributed by atoms with van der Waals surface area (Å²) in [6.07, 6.45) is -3.21. The van der Waals surface area contributed by atoms with Crippen LogP contribution in [-0.2, 0) is 0 Å². The molecule has 8 heteroatoms. The van der Waals surface area contributed by atoms with Crippen molar-refractivity contribution in [2.45, 2.75) is 25.7 Å². The summed E-state index contributed by atoms with van der Waals surface area (Å²) in [6.45, 7) is 0.794. The monoisotopic (exact) mass is 297 g/mol. The fourth-order valence-electron chi connectivity index (χ4n) is 2.05. The van der Waals surface area contributed by atoms with E-state index in [1.165, 1.54) is 6.20 Å². The highest BCUT2D eigenvalue weighted by Crippen LogP contribution is 2.29. The molecule has 1 aliphatic rings. The maximum atomic E-state index is 12.5. The Hall–Kier alpha value is -1.11. The van der Waals surface area contributed by atoms with Crippen LogP contribution < -0.4 is 4.90 Å². The highest BCUT2D eigenvalue weighted by atomic mass is 35.5. The Labute approximate surface area is 112 Å². The van der Waals surface area contributed by atoms with Crippen molar-refractivity contribution in [1.29, 1.82) is 0 Å². The van der Waals surface area contributed by atoms with E-state index in [4.69, 9.17) is 11.6 Å². The van der Waals surface area contributed by atoms with Crippen LogP contribution in [-0.4, -0.2) is 29.5 Å². The molecule has 1 saturated heterocycles. The molecule has 2 rings (SSSR count). The Morgan fingerprint density at radius 1 is 1.21 bits per heavy atom. The van der Waals surface area contributed by atoms with Crippen molar-refractivity contribution in [1.82, 2.24) is 9.97 Å². The number of anilines is 1. The maximum absolute atomic E-state index is 12.5. The summed E-state index contributed by atoms with van der Waals surface area (Å²) in [6, 6.07) is 0. The number of piperidine rings is 1. The molecule has 0 atom stereocenters. The van der Waals surface area contributed by atoms with Gasteiger partial charge in [0, 0.05) is 19.0 Å². The van der Waals surface area contributed by atoms with Crippen LogP contribution in [0.1, 0.15) is 25.0 Å². The summed E-state index contributed by atoms with van der Waals surface area (Å²) >= 11 is 5.62. The lowest BCUT2D eigenvalue weighted by atomic mass is 9.97. The summed E-state index contributed by atoms with van der Waals surface area (Å²) in [5, 5.41) is -0.344. The Kier molecular flexibility index (Phi) is 4.44.